The Morgan fingerprint density at radius 3 is 2.60 bits per heavy atom. The number of H-pyrrole nitrogens is 1. The van der Waals surface area contributed by atoms with E-state index in [9.17, 15) is 9.59 Å². The van der Waals surface area contributed by atoms with Crippen LogP contribution in [0.4, 0.5) is 11.6 Å². The third-order valence-electron chi connectivity index (χ3n) is 7.07. The van der Waals surface area contributed by atoms with Crippen LogP contribution in [-0.4, -0.2) is 68.0 Å². The number of aromatic amines is 1. The summed E-state index contributed by atoms with van der Waals surface area (Å²) >= 11 is 0. The standard InChI is InChI=1S/C28H32N10O2/c1-18-16-37(11-12-38(18)28-34-24(14-25(39)36(28)2)19-7-9-31-10-8-19)22-5-3-20(4-6-22)26(30)35-27(40)23(29)13-21-15-32-17-33-21/h3-10,14-15,17-18,23H,11-13,16,29H2,1-2H3,(H,32,33)(H2,30,35,40)/t18-,23+/m1/s1. The molecule has 4 heterocycles. The van der Waals surface area contributed by atoms with Crippen molar-refractivity contribution >= 4 is 23.4 Å². The zero-order chi connectivity index (χ0) is 28.2. The van der Waals surface area contributed by atoms with Gasteiger partial charge in [0.1, 0.15) is 5.84 Å². The number of imidazole rings is 1. The van der Waals surface area contributed by atoms with Crippen LogP contribution in [0, 0.1) is 5.41 Å². The number of amidine groups is 1. The van der Waals surface area contributed by atoms with E-state index in [0.29, 0.717) is 30.2 Å². The maximum atomic E-state index is 12.7. The molecule has 1 fully saturated rings. The smallest absolute Gasteiger partial charge is 0.255 e. The van der Waals surface area contributed by atoms with Gasteiger partial charge in [-0.25, -0.2) is 9.97 Å². The van der Waals surface area contributed by atoms with Gasteiger partial charge in [0.05, 0.1) is 18.1 Å². The Hall–Kier alpha value is -4.84. The van der Waals surface area contributed by atoms with E-state index in [4.69, 9.17) is 16.1 Å². The van der Waals surface area contributed by atoms with Gasteiger partial charge in [-0.15, -0.1) is 0 Å². The van der Waals surface area contributed by atoms with E-state index in [-0.39, 0.29) is 17.4 Å². The van der Waals surface area contributed by atoms with E-state index < -0.39 is 11.9 Å². The highest BCUT2D eigenvalue weighted by molar-refractivity contribution is 6.07. The maximum absolute atomic E-state index is 12.7. The summed E-state index contributed by atoms with van der Waals surface area (Å²) in [5.41, 5.74) is 9.71. The fraction of sp³-hybridized carbons (Fsp3) is 0.286. The third-order valence-corrected chi connectivity index (χ3v) is 7.07. The van der Waals surface area contributed by atoms with Crippen LogP contribution in [0.5, 0.6) is 0 Å². The molecule has 12 nitrogen and oxygen atoms in total. The number of hydrogen-bond donors (Lipinski definition) is 4. The Morgan fingerprint density at radius 1 is 1.18 bits per heavy atom. The predicted molar refractivity (Wildman–Crippen MR) is 153 cm³/mol. The van der Waals surface area contributed by atoms with Gasteiger partial charge in [0.15, 0.2) is 0 Å². The summed E-state index contributed by atoms with van der Waals surface area (Å²) in [6, 6.07) is 12.1. The Morgan fingerprint density at radius 2 is 1.93 bits per heavy atom. The highest BCUT2D eigenvalue weighted by atomic mass is 16.2. The molecule has 0 spiro atoms. The zero-order valence-electron chi connectivity index (χ0n) is 22.4. The third kappa shape index (κ3) is 5.76. The number of carbonyl (C=O) groups excluding carboxylic acids is 1. The lowest BCUT2D eigenvalue weighted by Gasteiger charge is -2.42. The lowest BCUT2D eigenvalue weighted by molar-refractivity contribution is -0.120. The van der Waals surface area contributed by atoms with Crippen molar-refractivity contribution in [3.8, 4) is 11.3 Å². The Labute approximate surface area is 231 Å². The van der Waals surface area contributed by atoms with Crippen LogP contribution in [0.3, 0.4) is 0 Å². The van der Waals surface area contributed by atoms with Crippen LogP contribution in [0.15, 0.2) is 72.2 Å². The highest BCUT2D eigenvalue weighted by Gasteiger charge is 2.27. The monoisotopic (exact) mass is 540 g/mol. The molecule has 4 aromatic rings. The van der Waals surface area contributed by atoms with Crippen LogP contribution in [0.25, 0.3) is 11.3 Å². The lowest BCUT2D eigenvalue weighted by atomic mass is 10.1. The lowest BCUT2D eigenvalue weighted by Crippen LogP contribution is -2.53. The first-order chi connectivity index (χ1) is 19.3. The van der Waals surface area contributed by atoms with Gasteiger partial charge < -0.3 is 25.8 Å². The van der Waals surface area contributed by atoms with Gasteiger partial charge in [0.2, 0.25) is 11.9 Å². The molecule has 1 saturated heterocycles. The second kappa shape index (κ2) is 11.5. The molecule has 1 aliphatic rings. The molecule has 1 amide bonds. The largest absolute Gasteiger partial charge is 0.368 e. The number of rotatable bonds is 7. The number of aromatic nitrogens is 5. The molecule has 0 radical (unpaired) electrons. The Balaban J connectivity index is 1.23. The topological polar surface area (TPSA) is 162 Å². The number of nitrogens with zero attached hydrogens (tertiary/aromatic N) is 6. The van der Waals surface area contributed by atoms with Crippen LogP contribution in [0.1, 0.15) is 18.2 Å². The van der Waals surface area contributed by atoms with Crippen molar-refractivity contribution in [2.24, 2.45) is 12.8 Å². The summed E-state index contributed by atoms with van der Waals surface area (Å²) in [4.78, 5) is 45.3. The summed E-state index contributed by atoms with van der Waals surface area (Å²) < 4.78 is 1.59. The minimum atomic E-state index is -0.794. The van der Waals surface area contributed by atoms with Gasteiger partial charge in [0, 0.05) is 86.3 Å². The number of pyridine rings is 1. The van der Waals surface area contributed by atoms with Gasteiger partial charge in [-0.2, -0.15) is 0 Å². The molecule has 0 saturated carbocycles. The average molecular weight is 541 g/mol. The average Bonchev–Trinajstić information content (AvgIpc) is 3.48. The Bertz CT molecular complexity index is 1530. The molecule has 5 rings (SSSR count). The van der Waals surface area contributed by atoms with E-state index >= 15 is 0 Å². The summed E-state index contributed by atoms with van der Waals surface area (Å²) in [6.45, 7) is 4.26. The normalized spacial score (nSPS) is 16.0. The SMILES string of the molecule is C[C@@H]1CN(c2ccc(C(=N)NC(=O)[C@@H](N)Cc3cnc[nH]3)cc2)CCN1c1nc(-c2ccncc2)cc(=O)n1C. The van der Waals surface area contributed by atoms with Crippen LogP contribution in [-0.2, 0) is 18.3 Å². The molecular formula is C28H32N10O2. The predicted octanol–water partition coefficient (Wildman–Crippen LogP) is 1.29. The second-order valence-electron chi connectivity index (χ2n) is 9.86. The van der Waals surface area contributed by atoms with E-state index in [0.717, 1.165) is 30.0 Å². The maximum Gasteiger partial charge on any atom is 0.255 e. The fourth-order valence-corrected chi connectivity index (χ4v) is 4.80. The molecule has 1 aromatic carbocycles. The molecular weight excluding hydrogens is 508 g/mol. The van der Waals surface area contributed by atoms with Crippen molar-refractivity contribution in [3.05, 3.63) is 89.0 Å². The summed E-state index contributed by atoms with van der Waals surface area (Å²) in [5.74, 6) is 0.206. The number of nitrogens with two attached hydrogens (primary N) is 1. The number of piperazine rings is 1. The molecule has 0 bridgehead atoms. The molecule has 206 valence electrons. The molecule has 12 heteroatoms. The summed E-state index contributed by atoms with van der Waals surface area (Å²) in [5, 5.41) is 10.9. The van der Waals surface area contributed by atoms with Crippen LogP contribution < -0.4 is 26.4 Å². The first-order valence-corrected chi connectivity index (χ1v) is 13.0. The van der Waals surface area contributed by atoms with E-state index in [2.05, 4.69) is 37.0 Å². The fourth-order valence-electron chi connectivity index (χ4n) is 4.80. The van der Waals surface area contributed by atoms with Gasteiger partial charge in [-0.1, -0.05) is 0 Å². The second-order valence-corrected chi connectivity index (χ2v) is 9.86. The first kappa shape index (κ1) is 26.8. The Kier molecular flexibility index (Phi) is 7.69. The number of benzene rings is 1. The van der Waals surface area contributed by atoms with E-state index in [1.165, 1.54) is 6.33 Å². The van der Waals surface area contributed by atoms with E-state index in [1.54, 1.807) is 36.3 Å². The number of carbonyl (C=O) groups is 1. The number of nitrogens with one attached hydrogen (secondary N) is 3. The van der Waals surface area contributed by atoms with Crippen molar-refractivity contribution in [3.63, 3.8) is 0 Å². The molecule has 3 aromatic heterocycles. The highest BCUT2D eigenvalue weighted by Crippen LogP contribution is 2.24. The van der Waals surface area contributed by atoms with Crippen molar-refractivity contribution in [1.29, 1.82) is 5.41 Å². The number of amides is 1. The van der Waals surface area contributed by atoms with Gasteiger partial charge in [0.25, 0.3) is 5.56 Å². The summed E-state index contributed by atoms with van der Waals surface area (Å²) in [7, 11) is 1.75. The van der Waals surface area contributed by atoms with Crippen LogP contribution >= 0.6 is 0 Å². The molecule has 0 unspecified atom stereocenters. The molecule has 1 aliphatic heterocycles. The van der Waals surface area contributed by atoms with Crippen molar-refractivity contribution < 1.29 is 4.79 Å². The van der Waals surface area contributed by atoms with Gasteiger partial charge >= 0.3 is 0 Å². The number of hydrogen-bond acceptors (Lipinski definition) is 9. The zero-order valence-corrected chi connectivity index (χ0v) is 22.4. The van der Waals surface area contributed by atoms with Crippen LogP contribution in [0.2, 0.25) is 0 Å². The van der Waals surface area contributed by atoms with Gasteiger partial charge in [-0.05, 0) is 43.3 Å². The molecule has 2 atom stereocenters. The minimum absolute atomic E-state index is 0.00383. The van der Waals surface area contributed by atoms with Crippen molar-refractivity contribution in [2.45, 2.75) is 25.4 Å². The first-order valence-electron chi connectivity index (χ1n) is 13.0. The number of anilines is 2. The summed E-state index contributed by atoms with van der Waals surface area (Å²) in [6.07, 6.45) is 6.84. The minimum Gasteiger partial charge on any atom is -0.368 e. The molecule has 0 aliphatic carbocycles. The molecule has 40 heavy (non-hydrogen) atoms. The van der Waals surface area contributed by atoms with Gasteiger partial charge in [-0.3, -0.25) is 24.5 Å². The molecule has 5 N–H and O–H groups in total. The quantitative estimate of drug-likeness (QED) is 0.201. The van der Waals surface area contributed by atoms with Crippen molar-refractivity contribution in [1.82, 2.24) is 29.8 Å². The van der Waals surface area contributed by atoms with E-state index in [1.807, 2.05) is 36.4 Å². The van der Waals surface area contributed by atoms with Crippen molar-refractivity contribution in [2.75, 3.05) is 29.4 Å².